The Balaban J connectivity index is 1.61. The molecule has 0 bridgehead atoms. The second kappa shape index (κ2) is 10.2. The Hall–Kier alpha value is -2.42. The van der Waals surface area contributed by atoms with Gasteiger partial charge in [0.15, 0.2) is 0 Å². The smallest absolute Gasteiger partial charge is 0.254 e. The van der Waals surface area contributed by atoms with Crippen molar-refractivity contribution in [1.82, 2.24) is 9.21 Å². The van der Waals surface area contributed by atoms with Crippen LogP contribution in [-0.2, 0) is 14.8 Å². The summed E-state index contributed by atoms with van der Waals surface area (Å²) in [6.07, 6.45) is 3.38. The summed E-state index contributed by atoms with van der Waals surface area (Å²) < 4.78 is 39.9. The topological polar surface area (TPSA) is 76.1 Å². The number of sulfonamides is 1. The predicted molar refractivity (Wildman–Crippen MR) is 126 cm³/mol. The zero-order chi connectivity index (χ0) is 23.4. The molecule has 2 heterocycles. The van der Waals surface area contributed by atoms with Crippen LogP contribution >= 0.6 is 0 Å². The molecule has 0 aliphatic carbocycles. The average molecular weight is 473 g/mol. The summed E-state index contributed by atoms with van der Waals surface area (Å²) in [6, 6.07) is 14.5. The van der Waals surface area contributed by atoms with E-state index >= 15 is 0 Å². The van der Waals surface area contributed by atoms with Crippen molar-refractivity contribution in [3.63, 3.8) is 0 Å². The lowest BCUT2D eigenvalue weighted by molar-refractivity contribution is -0.0691. The first-order valence-corrected chi connectivity index (χ1v) is 13.0. The summed E-state index contributed by atoms with van der Waals surface area (Å²) in [4.78, 5) is 15.3. The Morgan fingerprint density at radius 2 is 1.70 bits per heavy atom. The van der Waals surface area contributed by atoms with Crippen molar-refractivity contribution < 1.29 is 22.7 Å². The van der Waals surface area contributed by atoms with Gasteiger partial charge in [0.25, 0.3) is 5.91 Å². The molecule has 7 nitrogen and oxygen atoms in total. The van der Waals surface area contributed by atoms with Crippen molar-refractivity contribution in [3.8, 4) is 5.75 Å². The van der Waals surface area contributed by atoms with Gasteiger partial charge in [-0.05, 0) is 43.5 Å². The Bertz CT molecular complexity index is 1070. The summed E-state index contributed by atoms with van der Waals surface area (Å²) in [6.45, 7) is 3.78. The molecule has 0 radical (unpaired) electrons. The van der Waals surface area contributed by atoms with Crippen LogP contribution in [0.25, 0.3) is 0 Å². The van der Waals surface area contributed by atoms with E-state index in [0.29, 0.717) is 31.7 Å². The molecule has 0 saturated carbocycles. The minimum absolute atomic E-state index is 0.0543. The van der Waals surface area contributed by atoms with E-state index in [1.54, 1.807) is 17.0 Å². The maximum Gasteiger partial charge on any atom is 0.254 e. The number of morpholine rings is 1. The maximum atomic E-state index is 13.5. The zero-order valence-corrected chi connectivity index (χ0v) is 20.1. The molecule has 2 aromatic carbocycles. The summed E-state index contributed by atoms with van der Waals surface area (Å²) in [5.41, 5.74) is 1.35. The number of hydrogen-bond donors (Lipinski definition) is 0. The SMILES string of the molecule is COc1ccc(C(=O)N2CC(C)OC(c3ccccc3)C2)cc1S(=O)(=O)N1CCCCCC1. The van der Waals surface area contributed by atoms with Crippen LogP contribution in [0, 0.1) is 0 Å². The van der Waals surface area contributed by atoms with Crippen LogP contribution < -0.4 is 4.74 Å². The van der Waals surface area contributed by atoms with Crippen molar-refractivity contribution in [2.45, 2.75) is 49.7 Å². The minimum Gasteiger partial charge on any atom is -0.495 e. The third kappa shape index (κ3) is 5.23. The first kappa shape index (κ1) is 23.7. The summed E-state index contributed by atoms with van der Waals surface area (Å²) >= 11 is 0. The van der Waals surface area contributed by atoms with Gasteiger partial charge in [0, 0.05) is 25.2 Å². The van der Waals surface area contributed by atoms with Crippen LogP contribution in [0.5, 0.6) is 5.75 Å². The first-order valence-electron chi connectivity index (χ1n) is 11.6. The number of nitrogens with zero attached hydrogens (tertiary/aromatic N) is 2. The summed E-state index contributed by atoms with van der Waals surface area (Å²) in [5, 5.41) is 0. The molecule has 2 saturated heterocycles. The molecule has 8 heteroatoms. The Morgan fingerprint density at radius 1 is 1.00 bits per heavy atom. The van der Waals surface area contributed by atoms with E-state index in [1.165, 1.54) is 17.5 Å². The molecule has 33 heavy (non-hydrogen) atoms. The zero-order valence-electron chi connectivity index (χ0n) is 19.3. The van der Waals surface area contributed by atoms with Gasteiger partial charge in [0.2, 0.25) is 10.0 Å². The molecule has 178 valence electrons. The van der Waals surface area contributed by atoms with Crippen LogP contribution in [0.1, 0.15) is 54.6 Å². The molecule has 2 aromatic rings. The van der Waals surface area contributed by atoms with Crippen LogP contribution in [0.4, 0.5) is 0 Å². The number of ether oxygens (including phenoxy) is 2. The fraction of sp³-hybridized carbons (Fsp3) is 0.480. The minimum atomic E-state index is -3.77. The van der Waals surface area contributed by atoms with E-state index < -0.39 is 10.0 Å². The first-order chi connectivity index (χ1) is 15.9. The van der Waals surface area contributed by atoms with E-state index in [2.05, 4.69) is 0 Å². The number of methoxy groups -OCH3 is 1. The largest absolute Gasteiger partial charge is 0.495 e. The van der Waals surface area contributed by atoms with Gasteiger partial charge >= 0.3 is 0 Å². The fourth-order valence-electron chi connectivity index (χ4n) is 4.58. The molecule has 0 spiro atoms. The normalized spacial score (nSPS) is 22.5. The van der Waals surface area contributed by atoms with Crippen molar-refractivity contribution in [3.05, 3.63) is 59.7 Å². The lowest BCUT2D eigenvalue weighted by atomic mass is 10.1. The Morgan fingerprint density at radius 3 is 2.36 bits per heavy atom. The van der Waals surface area contributed by atoms with E-state index in [9.17, 15) is 13.2 Å². The predicted octanol–water partition coefficient (Wildman–Crippen LogP) is 3.86. The molecule has 2 fully saturated rings. The van der Waals surface area contributed by atoms with Gasteiger partial charge < -0.3 is 14.4 Å². The highest BCUT2D eigenvalue weighted by Crippen LogP contribution is 2.31. The van der Waals surface area contributed by atoms with Gasteiger partial charge in [-0.3, -0.25) is 4.79 Å². The van der Waals surface area contributed by atoms with Crippen molar-refractivity contribution in [2.24, 2.45) is 0 Å². The van der Waals surface area contributed by atoms with Gasteiger partial charge in [-0.2, -0.15) is 4.31 Å². The van der Waals surface area contributed by atoms with Gasteiger partial charge in [0.1, 0.15) is 16.7 Å². The average Bonchev–Trinajstić information content (AvgIpc) is 3.14. The quantitative estimate of drug-likeness (QED) is 0.661. The number of rotatable bonds is 5. The van der Waals surface area contributed by atoms with Gasteiger partial charge in [-0.1, -0.05) is 43.2 Å². The van der Waals surface area contributed by atoms with Crippen LogP contribution in [0.15, 0.2) is 53.4 Å². The molecule has 0 aromatic heterocycles. The highest BCUT2D eigenvalue weighted by atomic mass is 32.2. The second-order valence-electron chi connectivity index (χ2n) is 8.74. The molecule has 1 amide bonds. The van der Waals surface area contributed by atoms with Crippen molar-refractivity contribution in [1.29, 1.82) is 0 Å². The van der Waals surface area contributed by atoms with Crippen LogP contribution in [-0.4, -0.2) is 62.9 Å². The van der Waals surface area contributed by atoms with E-state index in [4.69, 9.17) is 9.47 Å². The van der Waals surface area contributed by atoms with Crippen LogP contribution in [0.2, 0.25) is 0 Å². The molecule has 2 unspecified atom stereocenters. The summed E-state index contributed by atoms with van der Waals surface area (Å²) in [5.74, 6) is 0.0503. The number of hydrogen-bond acceptors (Lipinski definition) is 5. The molecular weight excluding hydrogens is 440 g/mol. The van der Waals surface area contributed by atoms with Gasteiger partial charge in [0.05, 0.1) is 19.8 Å². The van der Waals surface area contributed by atoms with Crippen molar-refractivity contribution >= 4 is 15.9 Å². The van der Waals surface area contributed by atoms with Crippen molar-refractivity contribution in [2.75, 3.05) is 33.3 Å². The second-order valence-corrected chi connectivity index (χ2v) is 10.6. The highest BCUT2D eigenvalue weighted by Gasteiger charge is 2.32. The third-order valence-electron chi connectivity index (χ3n) is 6.31. The molecule has 4 rings (SSSR count). The molecule has 2 aliphatic heterocycles. The fourth-order valence-corrected chi connectivity index (χ4v) is 6.28. The number of carbonyl (C=O) groups excluding carboxylic acids is 1. The third-order valence-corrected chi connectivity index (χ3v) is 8.23. The Labute approximate surface area is 196 Å². The highest BCUT2D eigenvalue weighted by molar-refractivity contribution is 7.89. The number of benzene rings is 2. The standard InChI is InChI=1S/C25H32N2O5S/c1-19-17-26(18-23(32-19)20-10-6-5-7-11-20)25(28)21-12-13-22(31-2)24(16-21)33(29,30)27-14-8-3-4-9-15-27/h5-7,10-13,16,19,23H,3-4,8-9,14-15,17-18H2,1-2H3. The van der Waals surface area contributed by atoms with Gasteiger partial charge in [-0.15, -0.1) is 0 Å². The number of amides is 1. The van der Waals surface area contributed by atoms with E-state index in [-0.39, 0.29) is 28.8 Å². The molecule has 2 atom stereocenters. The van der Waals surface area contributed by atoms with E-state index in [1.807, 2.05) is 37.3 Å². The molecule has 2 aliphatic rings. The van der Waals surface area contributed by atoms with Gasteiger partial charge in [-0.25, -0.2) is 8.42 Å². The monoisotopic (exact) mass is 472 g/mol. The van der Waals surface area contributed by atoms with Crippen LogP contribution in [0.3, 0.4) is 0 Å². The maximum absolute atomic E-state index is 13.5. The number of carbonyl (C=O) groups is 1. The Kier molecular flexibility index (Phi) is 7.36. The lowest BCUT2D eigenvalue weighted by Gasteiger charge is -2.37. The lowest BCUT2D eigenvalue weighted by Crippen LogP contribution is -2.46. The molecule has 0 N–H and O–H groups in total. The molecular formula is C25H32N2O5S. The van der Waals surface area contributed by atoms with E-state index in [0.717, 1.165) is 31.2 Å². The summed E-state index contributed by atoms with van der Waals surface area (Å²) in [7, 11) is -2.32.